The Morgan fingerprint density at radius 1 is 1.29 bits per heavy atom. The lowest BCUT2D eigenvalue weighted by Gasteiger charge is -2.06. The summed E-state index contributed by atoms with van der Waals surface area (Å²) in [5.41, 5.74) is 8.84. The fourth-order valence-electron chi connectivity index (χ4n) is 1.70. The molecule has 2 aromatic heterocycles. The lowest BCUT2D eigenvalue weighted by molar-refractivity contribution is 0.838. The Balaban J connectivity index is 2.70. The maximum atomic E-state index is 9.17. The fraction of sp³-hybridized carbons (Fsp3) is 0.250. The van der Waals surface area contributed by atoms with E-state index in [9.17, 15) is 0 Å². The Morgan fingerprint density at radius 2 is 2.00 bits per heavy atom. The predicted molar refractivity (Wildman–Crippen MR) is 64.7 cm³/mol. The van der Waals surface area contributed by atoms with Crippen molar-refractivity contribution in [1.82, 2.24) is 14.8 Å². The summed E-state index contributed by atoms with van der Waals surface area (Å²) in [5.74, 6) is 0.986. The second kappa shape index (κ2) is 3.91. The molecule has 2 aromatic rings. The van der Waals surface area contributed by atoms with Gasteiger partial charge >= 0.3 is 0 Å². The minimum atomic E-state index is 0.454. The van der Waals surface area contributed by atoms with Gasteiger partial charge in [0.15, 0.2) is 5.82 Å². The third-order valence-electron chi connectivity index (χ3n) is 2.59. The summed E-state index contributed by atoms with van der Waals surface area (Å²) in [4.78, 5) is 4.35. The van der Waals surface area contributed by atoms with Crippen LogP contribution in [0.25, 0.3) is 5.82 Å². The first-order valence-electron chi connectivity index (χ1n) is 5.23. The van der Waals surface area contributed by atoms with Crippen molar-refractivity contribution < 1.29 is 0 Å². The second-order valence-electron chi connectivity index (χ2n) is 4.03. The molecule has 17 heavy (non-hydrogen) atoms. The SMILES string of the molecule is Cc1cc(C)c(C#N)c(-n2cc(C)c(N)n2)n1. The Labute approximate surface area is 99.5 Å². The summed E-state index contributed by atoms with van der Waals surface area (Å²) in [6, 6.07) is 4.03. The molecule has 0 aliphatic heterocycles. The fourth-order valence-corrected chi connectivity index (χ4v) is 1.70. The molecule has 0 aliphatic carbocycles. The summed E-state index contributed by atoms with van der Waals surface area (Å²) in [6.45, 7) is 5.64. The van der Waals surface area contributed by atoms with Crippen molar-refractivity contribution >= 4 is 5.82 Å². The molecule has 0 unspecified atom stereocenters. The van der Waals surface area contributed by atoms with Crippen molar-refractivity contribution in [3.8, 4) is 11.9 Å². The predicted octanol–water partition coefficient (Wildman–Crippen LogP) is 1.65. The van der Waals surface area contributed by atoms with Crippen molar-refractivity contribution in [3.05, 3.63) is 34.6 Å². The molecule has 0 atom stereocenters. The van der Waals surface area contributed by atoms with Crippen LogP contribution in [-0.2, 0) is 0 Å². The molecule has 5 nitrogen and oxygen atoms in total. The molecule has 0 bridgehead atoms. The van der Waals surface area contributed by atoms with Crippen LogP contribution in [0, 0.1) is 32.1 Å². The molecule has 0 amide bonds. The molecule has 2 N–H and O–H groups in total. The topological polar surface area (TPSA) is 80.5 Å². The van der Waals surface area contributed by atoms with Gasteiger partial charge in [-0.2, -0.15) is 5.26 Å². The largest absolute Gasteiger partial charge is 0.382 e. The summed E-state index contributed by atoms with van der Waals surface area (Å²) in [6.07, 6.45) is 1.78. The second-order valence-corrected chi connectivity index (χ2v) is 4.03. The van der Waals surface area contributed by atoms with E-state index in [1.165, 1.54) is 0 Å². The number of aromatic nitrogens is 3. The van der Waals surface area contributed by atoms with Gasteiger partial charge in [0.1, 0.15) is 11.9 Å². The summed E-state index contributed by atoms with van der Waals surface area (Å²) in [7, 11) is 0. The van der Waals surface area contributed by atoms with Crippen LogP contribution < -0.4 is 5.73 Å². The molecule has 0 aliphatic rings. The van der Waals surface area contributed by atoms with Crippen molar-refractivity contribution in [2.24, 2.45) is 0 Å². The van der Waals surface area contributed by atoms with Gasteiger partial charge < -0.3 is 5.73 Å². The van der Waals surface area contributed by atoms with Gasteiger partial charge in [0.25, 0.3) is 0 Å². The Bertz CT molecular complexity index is 599. The molecule has 0 radical (unpaired) electrons. The zero-order chi connectivity index (χ0) is 12.6. The smallest absolute Gasteiger partial charge is 0.171 e. The number of nitrogens with two attached hydrogens (primary N) is 1. The number of hydrogen-bond donors (Lipinski definition) is 1. The van der Waals surface area contributed by atoms with Crippen LogP contribution in [0.2, 0.25) is 0 Å². The van der Waals surface area contributed by atoms with Crippen LogP contribution in [0.5, 0.6) is 0 Å². The number of nitrogens with zero attached hydrogens (tertiary/aromatic N) is 4. The van der Waals surface area contributed by atoms with E-state index in [2.05, 4.69) is 16.2 Å². The quantitative estimate of drug-likeness (QED) is 0.803. The van der Waals surface area contributed by atoms with Gasteiger partial charge in [-0.15, -0.1) is 5.10 Å². The molecule has 0 saturated heterocycles. The number of nitriles is 1. The molecule has 0 aromatic carbocycles. The highest BCUT2D eigenvalue weighted by atomic mass is 15.3. The summed E-state index contributed by atoms with van der Waals surface area (Å²) in [5, 5.41) is 13.3. The molecule has 5 heteroatoms. The van der Waals surface area contributed by atoms with Crippen LogP contribution in [0.1, 0.15) is 22.4 Å². The van der Waals surface area contributed by atoms with Crippen molar-refractivity contribution in [3.63, 3.8) is 0 Å². The first-order chi connectivity index (χ1) is 8.02. The van der Waals surface area contributed by atoms with Gasteiger partial charge in [0.2, 0.25) is 0 Å². The maximum Gasteiger partial charge on any atom is 0.171 e. The standard InChI is InChI=1S/C12H13N5/c1-7-4-9(3)15-12(10(7)5-13)17-6-8(2)11(14)16-17/h4,6H,1-3H3,(H2,14,16). The molecule has 2 heterocycles. The summed E-state index contributed by atoms with van der Waals surface area (Å²) >= 11 is 0. The monoisotopic (exact) mass is 227 g/mol. The molecule has 2 rings (SSSR count). The lowest BCUT2D eigenvalue weighted by atomic mass is 10.1. The lowest BCUT2D eigenvalue weighted by Crippen LogP contribution is -2.05. The van der Waals surface area contributed by atoms with E-state index in [0.29, 0.717) is 17.2 Å². The van der Waals surface area contributed by atoms with Gasteiger partial charge in [-0.3, -0.25) is 0 Å². The van der Waals surface area contributed by atoms with Crippen molar-refractivity contribution in [2.75, 3.05) is 5.73 Å². The molecule has 0 saturated carbocycles. The van der Waals surface area contributed by atoms with E-state index < -0.39 is 0 Å². The molecule has 0 spiro atoms. The van der Waals surface area contributed by atoms with Crippen molar-refractivity contribution in [1.29, 1.82) is 5.26 Å². The number of rotatable bonds is 1. The molecular formula is C12H13N5. The van der Waals surface area contributed by atoms with Gasteiger partial charge in [0, 0.05) is 17.5 Å². The molecule has 86 valence electrons. The Morgan fingerprint density at radius 3 is 2.53 bits per heavy atom. The van der Waals surface area contributed by atoms with Gasteiger partial charge in [0.05, 0.1) is 5.56 Å². The van der Waals surface area contributed by atoms with E-state index in [4.69, 9.17) is 11.0 Å². The third-order valence-corrected chi connectivity index (χ3v) is 2.59. The molecular weight excluding hydrogens is 214 g/mol. The first-order valence-corrected chi connectivity index (χ1v) is 5.23. The normalized spacial score (nSPS) is 10.2. The van der Waals surface area contributed by atoms with Crippen LogP contribution in [0.3, 0.4) is 0 Å². The van der Waals surface area contributed by atoms with Crippen molar-refractivity contribution in [2.45, 2.75) is 20.8 Å². The Kier molecular flexibility index (Phi) is 2.56. The van der Waals surface area contributed by atoms with E-state index >= 15 is 0 Å². The first kappa shape index (κ1) is 11.1. The van der Waals surface area contributed by atoms with Crippen LogP contribution >= 0.6 is 0 Å². The van der Waals surface area contributed by atoms with E-state index in [-0.39, 0.29) is 0 Å². The zero-order valence-corrected chi connectivity index (χ0v) is 10.0. The highest BCUT2D eigenvalue weighted by molar-refractivity contribution is 5.50. The van der Waals surface area contributed by atoms with Crippen LogP contribution in [-0.4, -0.2) is 14.8 Å². The van der Waals surface area contributed by atoms with Crippen LogP contribution in [0.15, 0.2) is 12.3 Å². The highest BCUT2D eigenvalue weighted by Crippen LogP contribution is 2.18. The average molecular weight is 227 g/mol. The van der Waals surface area contributed by atoms with Crippen LogP contribution in [0.4, 0.5) is 5.82 Å². The maximum absolute atomic E-state index is 9.17. The van der Waals surface area contributed by atoms with E-state index in [0.717, 1.165) is 16.8 Å². The number of pyridine rings is 1. The van der Waals surface area contributed by atoms with Gasteiger partial charge in [-0.1, -0.05) is 0 Å². The minimum Gasteiger partial charge on any atom is -0.382 e. The number of anilines is 1. The number of hydrogen-bond acceptors (Lipinski definition) is 4. The molecule has 0 fully saturated rings. The van der Waals surface area contributed by atoms with Gasteiger partial charge in [-0.25, -0.2) is 9.67 Å². The average Bonchev–Trinajstić information content (AvgIpc) is 2.58. The number of nitrogen functional groups attached to an aromatic ring is 1. The van der Waals surface area contributed by atoms with E-state index in [1.54, 1.807) is 10.9 Å². The van der Waals surface area contributed by atoms with E-state index in [1.807, 2.05) is 26.8 Å². The number of aryl methyl sites for hydroxylation is 3. The summed E-state index contributed by atoms with van der Waals surface area (Å²) < 4.78 is 1.56. The highest BCUT2D eigenvalue weighted by Gasteiger charge is 2.12. The zero-order valence-electron chi connectivity index (χ0n) is 10.0. The Hall–Kier alpha value is -2.35. The third kappa shape index (κ3) is 1.85. The minimum absolute atomic E-state index is 0.454. The van der Waals surface area contributed by atoms with Gasteiger partial charge in [-0.05, 0) is 32.4 Å².